The second-order valence-corrected chi connectivity index (χ2v) is 5.09. The first-order valence-corrected chi connectivity index (χ1v) is 5.98. The minimum Gasteiger partial charge on any atom is -0.394 e. The SMILES string of the molecule is CC1=CN([C@@H]2O[C@H](CO)[C@@H](O)[C@@]2(C)O)C(=O)CC1=O. The van der Waals surface area contributed by atoms with Gasteiger partial charge in [-0.3, -0.25) is 14.5 Å². The van der Waals surface area contributed by atoms with Crippen molar-refractivity contribution in [2.75, 3.05) is 6.61 Å². The van der Waals surface area contributed by atoms with E-state index in [-0.39, 0.29) is 12.2 Å². The number of ether oxygens (including phenoxy) is 1. The van der Waals surface area contributed by atoms with Crippen LogP contribution in [0.5, 0.6) is 0 Å². The van der Waals surface area contributed by atoms with Crippen LogP contribution in [-0.4, -0.2) is 62.6 Å². The Hall–Kier alpha value is -1.28. The molecule has 0 aromatic carbocycles. The molecular formula is C12H17NO6. The maximum Gasteiger partial charge on any atom is 0.236 e. The lowest BCUT2D eigenvalue weighted by atomic mass is 9.95. The maximum absolute atomic E-state index is 11.9. The number of aliphatic hydroxyl groups excluding tert-OH is 2. The van der Waals surface area contributed by atoms with Crippen LogP contribution in [0.1, 0.15) is 20.3 Å². The van der Waals surface area contributed by atoms with E-state index in [4.69, 9.17) is 9.84 Å². The summed E-state index contributed by atoms with van der Waals surface area (Å²) in [5.74, 6) is -0.787. The lowest BCUT2D eigenvalue weighted by Gasteiger charge is -2.35. The van der Waals surface area contributed by atoms with Gasteiger partial charge < -0.3 is 20.1 Å². The van der Waals surface area contributed by atoms with Crippen molar-refractivity contribution in [1.82, 2.24) is 4.90 Å². The molecule has 2 aliphatic rings. The zero-order valence-electron chi connectivity index (χ0n) is 10.7. The molecule has 0 aromatic rings. The minimum atomic E-state index is -1.72. The second-order valence-electron chi connectivity index (χ2n) is 5.09. The van der Waals surface area contributed by atoms with E-state index in [1.165, 1.54) is 13.1 Å². The summed E-state index contributed by atoms with van der Waals surface area (Å²) in [5.41, 5.74) is -1.35. The van der Waals surface area contributed by atoms with Crippen molar-refractivity contribution in [2.45, 2.75) is 44.3 Å². The third-order valence-corrected chi connectivity index (χ3v) is 3.56. The predicted molar refractivity (Wildman–Crippen MR) is 62.6 cm³/mol. The summed E-state index contributed by atoms with van der Waals surface area (Å²) in [6, 6.07) is 0. The van der Waals surface area contributed by atoms with Crippen LogP contribution in [0, 0.1) is 0 Å². The van der Waals surface area contributed by atoms with Crippen molar-refractivity contribution in [3.63, 3.8) is 0 Å². The van der Waals surface area contributed by atoms with Crippen LogP contribution < -0.4 is 0 Å². The highest BCUT2D eigenvalue weighted by Crippen LogP contribution is 2.34. The molecule has 2 rings (SSSR count). The number of carbonyl (C=O) groups is 2. The Morgan fingerprint density at radius 3 is 2.68 bits per heavy atom. The van der Waals surface area contributed by atoms with Gasteiger partial charge >= 0.3 is 0 Å². The molecular weight excluding hydrogens is 254 g/mol. The number of carbonyl (C=O) groups excluding carboxylic acids is 2. The molecule has 7 nitrogen and oxygen atoms in total. The molecule has 0 aliphatic carbocycles. The fourth-order valence-corrected chi connectivity index (χ4v) is 2.31. The van der Waals surface area contributed by atoms with E-state index in [1.54, 1.807) is 6.92 Å². The molecule has 19 heavy (non-hydrogen) atoms. The van der Waals surface area contributed by atoms with Gasteiger partial charge in [-0.15, -0.1) is 0 Å². The topological polar surface area (TPSA) is 107 Å². The van der Waals surface area contributed by atoms with Crippen LogP contribution in [0.2, 0.25) is 0 Å². The van der Waals surface area contributed by atoms with E-state index >= 15 is 0 Å². The number of Topliss-reactive ketones (excluding diaryl/α,β-unsaturated/α-hetero) is 1. The molecule has 2 heterocycles. The fourth-order valence-electron chi connectivity index (χ4n) is 2.31. The van der Waals surface area contributed by atoms with Crippen molar-refractivity contribution >= 4 is 11.7 Å². The molecule has 1 amide bonds. The molecule has 4 atom stereocenters. The first kappa shape index (κ1) is 14.1. The summed E-state index contributed by atoms with van der Waals surface area (Å²) in [6.45, 7) is 2.41. The molecule has 1 fully saturated rings. The number of hydrogen-bond acceptors (Lipinski definition) is 6. The molecule has 7 heteroatoms. The van der Waals surface area contributed by atoms with Gasteiger partial charge in [-0.25, -0.2) is 0 Å². The highest BCUT2D eigenvalue weighted by molar-refractivity contribution is 6.09. The molecule has 0 aromatic heterocycles. The Balaban J connectivity index is 2.32. The summed E-state index contributed by atoms with van der Waals surface area (Å²) in [7, 11) is 0. The van der Waals surface area contributed by atoms with Crippen molar-refractivity contribution in [3.05, 3.63) is 11.8 Å². The van der Waals surface area contributed by atoms with Gasteiger partial charge in [0, 0.05) is 11.8 Å². The molecule has 1 saturated heterocycles. The number of allylic oxidation sites excluding steroid dienone is 1. The van der Waals surface area contributed by atoms with Crippen LogP contribution >= 0.6 is 0 Å². The van der Waals surface area contributed by atoms with E-state index in [2.05, 4.69) is 0 Å². The van der Waals surface area contributed by atoms with Crippen LogP contribution in [0.15, 0.2) is 11.8 Å². The van der Waals surface area contributed by atoms with Gasteiger partial charge in [0.15, 0.2) is 12.0 Å². The summed E-state index contributed by atoms with van der Waals surface area (Å²) in [6.07, 6.45) is -2.41. The average Bonchev–Trinajstić information content (AvgIpc) is 2.56. The van der Waals surface area contributed by atoms with E-state index in [9.17, 15) is 19.8 Å². The van der Waals surface area contributed by atoms with Crippen molar-refractivity contribution in [2.24, 2.45) is 0 Å². The second kappa shape index (κ2) is 4.68. The standard InChI is InChI=1S/C12H17NO6/c1-6-4-13(9(16)3-7(6)15)11-12(2,18)10(17)8(5-14)19-11/h4,8,10-11,14,17-18H,3,5H2,1-2H3/t8-,10-,11-,12-/m1/s1. The Morgan fingerprint density at radius 1 is 1.53 bits per heavy atom. The van der Waals surface area contributed by atoms with E-state index in [1.807, 2.05) is 0 Å². The lowest BCUT2D eigenvalue weighted by molar-refractivity contribution is -0.158. The normalized spacial score (nSPS) is 39.7. The number of aliphatic hydroxyl groups is 3. The smallest absolute Gasteiger partial charge is 0.236 e. The number of hydrogen-bond donors (Lipinski definition) is 3. The van der Waals surface area contributed by atoms with Crippen LogP contribution in [0.25, 0.3) is 0 Å². The quantitative estimate of drug-likeness (QED) is 0.529. The first-order chi connectivity index (χ1) is 8.78. The maximum atomic E-state index is 11.9. The highest BCUT2D eigenvalue weighted by atomic mass is 16.6. The zero-order chi connectivity index (χ0) is 14.4. The third-order valence-electron chi connectivity index (χ3n) is 3.56. The minimum absolute atomic E-state index is 0.279. The monoisotopic (exact) mass is 271 g/mol. The summed E-state index contributed by atoms with van der Waals surface area (Å²) < 4.78 is 5.33. The Bertz CT molecular complexity index is 444. The molecule has 0 radical (unpaired) electrons. The lowest BCUT2D eigenvalue weighted by Crippen LogP contribution is -2.54. The van der Waals surface area contributed by atoms with E-state index in [0.717, 1.165) is 4.90 Å². The molecule has 0 unspecified atom stereocenters. The highest BCUT2D eigenvalue weighted by Gasteiger charge is 2.55. The van der Waals surface area contributed by atoms with E-state index < -0.39 is 36.6 Å². The number of amides is 1. The van der Waals surface area contributed by atoms with Crippen LogP contribution in [0.4, 0.5) is 0 Å². The summed E-state index contributed by atoms with van der Waals surface area (Å²) in [4.78, 5) is 24.4. The predicted octanol–water partition coefficient (Wildman–Crippen LogP) is -1.48. The third kappa shape index (κ3) is 2.18. The van der Waals surface area contributed by atoms with Gasteiger partial charge in [0.2, 0.25) is 5.91 Å². The molecule has 106 valence electrons. The zero-order valence-corrected chi connectivity index (χ0v) is 10.7. The van der Waals surface area contributed by atoms with Gasteiger partial charge in [0.1, 0.15) is 17.8 Å². The number of rotatable bonds is 2. The van der Waals surface area contributed by atoms with E-state index in [0.29, 0.717) is 5.57 Å². The Labute approximate surface area is 110 Å². The molecule has 3 N–H and O–H groups in total. The van der Waals surface area contributed by atoms with Gasteiger partial charge in [-0.1, -0.05) is 0 Å². The Kier molecular flexibility index (Phi) is 3.48. The molecule has 0 bridgehead atoms. The molecule has 0 spiro atoms. The van der Waals surface area contributed by atoms with Gasteiger partial charge in [0.05, 0.1) is 13.0 Å². The van der Waals surface area contributed by atoms with Gasteiger partial charge in [-0.2, -0.15) is 0 Å². The van der Waals surface area contributed by atoms with Gasteiger partial charge in [-0.05, 0) is 13.8 Å². The first-order valence-electron chi connectivity index (χ1n) is 5.98. The summed E-state index contributed by atoms with van der Waals surface area (Å²) >= 11 is 0. The number of nitrogens with zero attached hydrogens (tertiary/aromatic N) is 1. The fraction of sp³-hybridized carbons (Fsp3) is 0.667. The van der Waals surface area contributed by atoms with Crippen molar-refractivity contribution in [1.29, 1.82) is 0 Å². The molecule has 2 aliphatic heterocycles. The Morgan fingerprint density at radius 2 is 2.16 bits per heavy atom. The van der Waals surface area contributed by atoms with Crippen molar-refractivity contribution < 1.29 is 29.6 Å². The summed E-state index contributed by atoms with van der Waals surface area (Å²) in [5, 5.41) is 29.2. The number of ketones is 1. The van der Waals surface area contributed by atoms with Crippen LogP contribution in [-0.2, 0) is 14.3 Å². The van der Waals surface area contributed by atoms with Gasteiger partial charge in [0.25, 0.3) is 0 Å². The van der Waals surface area contributed by atoms with Crippen LogP contribution in [0.3, 0.4) is 0 Å². The molecule has 0 saturated carbocycles. The average molecular weight is 271 g/mol. The van der Waals surface area contributed by atoms with Crippen molar-refractivity contribution in [3.8, 4) is 0 Å². The largest absolute Gasteiger partial charge is 0.394 e.